The summed E-state index contributed by atoms with van der Waals surface area (Å²) in [6.07, 6.45) is 4.37. The van der Waals surface area contributed by atoms with Gasteiger partial charge in [0.1, 0.15) is 5.69 Å². The maximum absolute atomic E-state index is 12.1. The number of nitrogens with zero attached hydrogens (tertiary/aromatic N) is 4. The molecule has 0 saturated carbocycles. The van der Waals surface area contributed by atoms with Crippen LogP contribution in [0, 0.1) is 0 Å². The summed E-state index contributed by atoms with van der Waals surface area (Å²) < 4.78 is 0. The lowest BCUT2D eigenvalue weighted by Gasteiger charge is -2.36. The van der Waals surface area contributed by atoms with Crippen LogP contribution in [0.2, 0.25) is 0 Å². The van der Waals surface area contributed by atoms with Crippen LogP contribution < -0.4 is 15.8 Å². The third-order valence-corrected chi connectivity index (χ3v) is 5.75. The molecule has 0 spiro atoms. The van der Waals surface area contributed by atoms with Gasteiger partial charge in [0.2, 0.25) is 0 Å². The van der Waals surface area contributed by atoms with Crippen molar-refractivity contribution >= 4 is 22.6 Å². The van der Waals surface area contributed by atoms with E-state index in [0.29, 0.717) is 12.1 Å². The second-order valence-corrected chi connectivity index (χ2v) is 8.55. The fourth-order valence-electron chi connectivity index (χ4n) is 3.98. The van der Waals surface area contributed by atoms with Crippen molar-refractivity contribution in [3.05, 3.63) is 63.8 Å². The van der Waals surface area contributed by atoms with Gasteiger partial charge in [0.15, 0.2) is 0 Å². The predicted octanol–water partition coefficient (Wildman–Crippen LogP) is 2.34. The van der Waals surface area contributed by atoms with E-state index in [4.69, 9.17) is 0 Å². The molecule has 0 aromatic carbocycles. The third kappa shape index (κ3) is 4.96. The molecule has 8 nitrogen and oxygen atoms in total. The lowest BCUT2D eigenvalue weighted by Crippen LogP contribution is -2.46. The molecule has 168 valence electrons. The Kier molecular flexibility index (Phi) is 6.50. The number of amides is 1. The summed E-state index contributed by atoms with van der Waals surface area (Å²) in [5.41, 5.74) is 4.90. The molecule has 1 aliphatic rings. The van der Waals surface area contributed by atoms with Crippen molar-refractivity contribution in [3.63, 3.8) is 0 Å². The normalized spacial score (nSPS) is 14.8. The summed E-state index contributed by atoms with van der Waals surface area (Å²) in [6.45, 7) is 10.2. The summed E-state index contributed by atoms with van der Waals surface area (Å²) in [4.78, 5) is 40.7. The summed E-state index contributed by atoms with van der Waals surface area (Å²) >= 11 is 0. The van der Waals surface area contributed by atoms with E-state index in [1.807, 2.05) is 45.2 Å². The largest absolute Gasteiger partial charge is 0.368 e. The number of piperazine rings is 1. The number of carbonyl (C=O) groups is 1. The first-order chi connectivity index (χ1) is 15.4. The van der Waals surface area contributed by atoms with Crippen LogP contribution in [0.25, 0.3) is 11.0 Å². The SMILES string of the molecule is CCc1cc2ncc(CN3CCN(c4ccc(C(=O)NC(C)C)nc4)CC3)cc2[nH]c1=O. The first-order valence-corrected chi connectivity index (χ1v) is 11.2. The summed E-state index contributed by atoms with van der Waals surface area (Å²) in [7, 11) is 0. The molecule has 8 heteroatoms. The van der Waals surface area contributed by atoms with Gasteiger partial charge in [-0.25, -0.2) is 4.98 Å². The Bertz CT molecular complexity index is 1150. The van der Waals surface area contributed by atoms with Crippen molar-refractivity contribution in [3.8, 4) is 0 Å². The quantitative estimate of drug-likeness (QED) is 0.619. The van der Waals surface area contributed by atoms with Gasteiger partial charge in [-0.2, -0.15) is 0 Å². The van der Waals surface area contributed by atoms with Gasteiger partial charge >= 0.3 is 0 Å². The molecule has 0 aliphatic carbocycles. The molecule has 4 rings (SSSR count). The number of nitrogens with one attached hydrogen (secondary N) is 2. The minimum absolute atomic E-state index is 0.0334. The Morgan fingerprint density at radius 1 is 1.12 bits per heavy atom. The molecule has 3 aromatic heterocycles. The average Bonchev–Trinajstić information content (AvgIpc) is 2.79. The molecule has 1 fully saturated rings. The van der Waals surface area contributed by atoms with E-state index in [1.165, 1.54) is 0 Å². The number of hydrogen-bond donors (Lipinski definition) is 2. The van der Waals surface area contributed by atoms with Gasteiger partial charge in [0, 0.05) is 50.5 Å². The maximum atomic E-state index is 12.1. The van der Waals surface area contributed by atoms with Gasteiger partial charge in [-0.05, 0) is 50.1 Å². The number of hydrogen-bond acceptors (Lipinski definition) is 6. The second-order valence-electron chi connectivity index (χ2n) is 8.55. The van der Waals surface area contributed by atoms with Crippen molar-refractivity contribution in [1.29, 1.82) is 0 Å². The zero-order valence-corrected chi connectivity index (χ0v) is 18.9. The van der Waals surface area contributed by atoms with Crippen molar-refractivity contribution in [2.45, 2.75) is 39.8 Å². The topological polar surface area (TPSA) is 94.2 Å². The lowest BCUT2D eigenvalue weighted by atomic mass is 10.1. The lowest BCUT2D eigenvalue weighted by molar-refractivity contribution is 0.0938. The van der Waals surface area contributed by atoms with E-state index >= 15 is 0 Å². The number of rotatable bonds is 6. The molecule has 1 amide bonds. The fraction of sp³-hybridized carbons (Fsp3) is 0.417. The first-order valence-electron chi connectivity index (χ1n) is 11.2. The molecule has 2 N–H and O–H groups in total. The highest BCUT2D eigenvalue weighted by molar-refractivity contribution is 5.92. The van der Waals surface area contributed by atoms with Crippen molar-refractivity contribution in [2.75, 3.05) is 31.1 Å². The standard InChI is InChI=1S/C24H30N6O2/c1-4-18-12-21-22(28-23(18)31)11-17(13-25-21)15-29-7-9-30(10-8-29)19-5-6-20(26-14-19)24(32)27-16(2)3/h5-6,11-14,16H,4,7-10,15H2,1-3H3,(H,27,32)(H,28,31). The zero-order chi connectivity index (χ0) is 22.7. The van der Waals surface area contributed by atoms with Crippen molar-refractivity contribution in [2.24, 2.45) is 0 Å². The van der Waals surface area contributed by atoms with Crippen molar-refractivity contribution < 1.29 is 4.79 Å². The number of fused-ring (bicyclic) bond motifs is 1. The zero-order valence-electron chi connectivity index (χ0n) is 18.9. The Labute approximate surface area is 187 Å². The highest BCUT2D eigenvalue weighted by Crippen LogP contribution is 2.18. The average molecular weight is 435 g/mol. The van der Waals surface area contributed by atoms with Gasteiger partial charge in [0.05, 0.1) is 22.9 Å². The van der Waals surface area contributed by atoms with Crippen LogP contribution >= 0.6 is 0 Å². The van der Waals surface area contributed by atoms with Crippen LogP contribution in [0.5, 0.6) is 0 Å². The number of anilines is 1. The fourth-order valence-corrected chi connectivity index (χ4v) is 3.98. The summed E-state index contributed by atoms with van der Waals surface area (Å²) in [5, 5.41) is 2.86. The van der Waals surface area contributed by atoms with Gasteiger partial charge in [-0.15, -0.1) is 0 Å². The van der Waals surface area contributed by atoms with E-state index in [2.05, 4.69) is 30.1 Å². The molecule has 3 aromatic rings. The molecule has 0 atom stereocenters. The third-order valence-electron chi connectivity index (χ3n) is 5.75. The predicted molar refractivity (Wildman–Crippen MR) is 126 cm³/mol. The molecule has 0 radical (unpaired) electrons. The second kappa shape index (κ2) is 9.48. The van der Waals surface area contributed by atoms with Gasteiger partial charge < -0.3 is 15.2 Å². The first kappa shape index (κ1) is 22.0. The van der Waals surface area contributed by atoms with Crippen LogP contribution in [0.1, 0.15) is 42.4 Å². The van der Waals surface area contributed by atoms with Crippen LogP contribution in [-0.4, -0.2) is 58.0 Å². The van der Waals surface area contributed by atoms with E-state index in [-0.39, 0.29) is 17.5 Å². The molecular weight excluding hydrogens is 404 g/mol. The van der Waals surface area contributed by atoms with Gasteiger partial charge in [0.25, 0.3) is 11.5 Å². The number of aryl methyl sites for hydroxylation is 1. The van der Waals surface area contributed by atoms with E-state index in [0.717, 1.165) is 60.6 Å². The van der Waals surface area contributed by atoms with Gasteiger partial charge in [-0.1, -0.05) is 6.92 Å². The van der Waals surface area contributed by atoms with Crippen LogP contribution in [0.15, 0.2) is 41.5 Å². The molecule has 1 aliphatic heterocycles. The number of pyridine rings is 3. The maximum Gasteiger partial charge on any atom is 0.270 e. The monoisotopic (exact) mass is 434 g/mol. The van der Waals surface area contributed by atoms with Crippen LogP contribution in [0.3, 0.4) is 0 Å². The van der Waals surface area contributed by atoms with Crippen LogP contribution in [0.4, 0.5) is 5.69 Å². The molecular formula is C24H30N6O2. The molecule has 0 unspecified atom stereocenters. The number of aromatic nitrogens is 3. The number of H-pyrrole nitrogens is 1. The van der Waals surface area contributed by atoms with E-state index < -0.39 is 0 Å². The number of aromatic amines is 1. The minimum Gasteiger partial charge on any atom is -0.368 e. The summed E-state index contributed by atoms with van der Waals surface area (Å²) in [5.74, 6) is -0.146. The molecule has 1 saturated heterocycles. The van der Waals surface area contributed by atoms with E-state index in [9.17, 15) is 9.59 Å². The number of carbonyl (C=O) groups excluding carboxylic acids is 1. The highest BCUT2D eigenvalue weighted by Gasteiger charge is 2.19. The smallest absolute Gasteiger partial charge is 0.270 e. The van der Waals surface area contributed by atoms with Crippen molar-refractivity contribution in [1.82, 2.24) is 25.2 Å². The Balaban J connectivity index is 1.36. The van der Waals surface area contributed by atoms with Gasteiger partial charge in [-0.3, -0.25) is 19.5 Å². The molecule has 32 heavy (non-hydrogen) atoms. The van der Waals surface area contributed by atoms with Crippen LogP contribution in [-0.2, 0) is 13.0 Å². The van der Waals surface area contributed by atoms with E-state index in [1.54, 1.807) is 12.3 Å². The molecule has 0 bridgehead atoms. The Morgan fingerprint density at radius 2 is 1.91 bits per heavy atom. The Hall–Kier alpha value is -3.26. The highest BCUT2D eigenvalue weighted by atomic mass is 16.2. The minimum atomic E-state index is -0.146. The molecule has 4 heterocycles. The Morgan fingerprint density at radius 3 is 2.56 bits per heavy atom. The summed E-state index contributed by atoms with van der Waals surface area (Å²) in [6, 6.07) is 7.74.